The van der Waals surface area contributed by atoms with Gasteiger partial charge in [0.1, 0.15) is 11.1 Å². The van der Waals surface area contributed by atoms with Crippen molar-refractivity contribution in [3.8, 4) is 6.07 Å². The van der Waals surface area contributed by atoms with Crippen LogP contribution in [0.25, 0.3) is 0 Å². The fourth-order valence-corrected chi connectivity index (χ4v) is 5.17. The summed E-state index contributed by atoms with van der Waals surface area (Å²) in [4.78, 5) is 4.66. The Labute approximate surface area is 153 Å². The zero-order chi connectivity index (χ0) is 16.9. The van der Waals surface area contributed by atoms with Gasteiger partial charge in [-0.25, -0.2) is 4.98 Å². The monoisotopic (exact) mass is 376 g/mol. The SMILES string of the molecule is N#Cc1cc2c(nc1SCS(=O)Cc1ccc(Cl)cc1)CCCC2. The molecule has 0 fully saturated rings. The molecule has 124 valence electrons. The maximum Gasteiger partial charge on any atom is 0.115 e. The van der Waals surface area contributed by atoms with Crippen LogP contribution in [0.2, 0.25) is 5.02 Å². The molecule has 1 aliphatic carbocycles. The predicted octanol–water partition coefficient (Wildman–Crippen LogP) is 4.48. The van der Waals surface area contributed by atoms with Crippen LogP contribution in [-0.4, -0.2) is 14.3 Å². The van der Waals surface area contributed by atoms with E-state index >= 15 is 0 Å². The van der Waals surface area contributed by atoms with Crippen LogP contribution in [0.15, 0.2) is 35.4 Å². The molecule has 1 atom stereocenters. The maximum absolute atomic E-state index is 12.3. The normalized spacial score (nSPS) is 14.7. The summed E-state index contributed by atoms with van der Waals surface area (Å²) in [7, 11) is -1.02. The van der Waals surface area contributed by atoms with Crippen molar-refractivity contribution in [2.45, 2.75) is 36.5 Å². The minimum absolute atomic E-state index is 0.434. The molecule has 1 aliphatic rings. The lowest BCUT2D eigenvalue weighted by Crippen LogP contribution is -2.08. The lowest BCUT2D eigenvalue weighted by molar-refractivity contribution is 0.660. The van der Waals surface area contributed by atoms with Gasteiger partial charge in [-0.05, 0) is 55.0 Å². The van der Waals surface area contributed by atoms with E-state index in [1.54, 1.807) is 12.1 Å². The molecule has 0 saturated heterocycles. The van der Waals surface area contributed by atoms with E-state index in [1.165, 1.54) is 17.3 Å². The molecule has 0 aliphatic heterocycles. The molecule has 0 radical (unpaired) electrons. The standard InChI is InChI=1S/C18H17ClN2OS2/c19-16-7-5-13(6-8-16)11-24(22)12-23-18-15(10-20)9-14-3-1-2-4-17(14)21-18/h5-9H,1-4,11-12H2. The fraction of sp³-hybridized carbons (Fsp3) is 0.333. The molecule has 3 nitrogen and oxygen atoms in total. The Morgan fingerprint density at radius 1 is 1.25 bits per heavy atom. The first-order chi connectivity index (χ1) is 11.7. The highest BCUT2D eigenvalue weighted by atomic mass is 35.5. The summed E-state index contributed by atoms with van der Waals surface area (Å²) in [6, 6.07) is 11.6. The molecule has 0 spiro atoms. The number of thioether (sulfide) groups is 1. The van der Waals surface area contributed by atoms with Crippen LogP contribution in [0.3, 0.4) is 0 Å². The van der Waals surface area contributed by atoms with Crippen molar-refractivity contribution >= 4 is 34.2 Å². The Morgan fingerprint density at radius 3 is 2.75 bits per heavy atom. The summed E-state index contributed by atoms with van der Waals surface area (Å²) in [5.74, 6) is 0.483. The highest BCUT2D eigenvalue weighted by Crippen LogP contribution is 2.28. The first-order valence-corrected chi connectivity index (χ1v) is 10.7. The van der Waals surface area contributed by atoms with Crippen molar-refractivity contribution in [1.82, 2.24) is 4.98 Å². The third-order valence-electron chi connectivity index (χ3n) is 3.95. The van der Waals surface area contributed by atoms with E-state index in [-0.39, 0.29) is 0 Å². The number of nitrogens with zero attached hydrogens (tertiary/aromatic N) is 2. The summed E-state index contributed by atoms with van der Waals surface area (Å²) < 4.78 is 12.3. The van der Waals surface area contributed by atoms with Gasteiger partial charge in [-0.1, -0.05) is 35.5 Å². The molecule has 6 heteroatoms. The average molecular weight is 377 g/mol. The molecule has 0 amide bonds. The van der Waals surface area contributed by atoms with Crippen molar-refractivity contribution in [3.63, 3.8) is 0 Å². The van der Waals surface area contributed by atoms with Gasteiger partial charge in [-0.3, -0.25) is 4.21 Å². The smallest absolute Gasteiger partial charge is 0.115 e. The predicted molar refractivity (Wildman–Crippen MR) is 99.6 cm³/mol. The van der Waals surface area contributed by atoms with Crippen LogP contribution in [-0.2, 0) is 29.4 Å². The van der Waals surface area contributed by atoms with E-state index in [4.69, 9.17) is 11.6 Å². The average Bonchev–Trinajstić information content (AvgIpc) is 2.61. The van der Waals surface area contributed by atoms with Gasteiger partial charge in [0, 0.05) is 27.3 Å². The number of benzene rings is 1. The zero-order valence-electron chi connectivity index (χ0n) is 13.1. The van der Waals surface area contributed by atoms with E-state index in [9.17, 15) is 9.47 Å². The lowest BCUT2D eigenvalue weighted by atomic mass is 9.95. The summed E-state index contributed by atoms with van der Waals surface area (Å²) in [5, 5.41) is 11.2. The number of aromatic nitrogens is 1. The van der Waals surface area contributed by atoms with Crippen molar-refractivity contribution in [1.29, 1.82) is 5.26 Å². The molecule has 1 heterocycles. The number of fused-ring (bicyclic) bond motifs is 1. The first kappa shape index (κ1) is 17.5. The van der Waals surface area contributed by atoms with Crippen molar-refractivity contribution in [2.24, 2.45) is 0 Å². The number of halogens is 1. The Hall–Kier alpha value is -1.35. The number of aryl methyl sites for hydroxylation is 2. The van der Waals surface area contributed by atoms with Gasteiger partial charge >= 0.3 is 0 Å². The number of pyridine rings is 1. The molecule has 24 heavy (non-hydrogen) atoms. The van der Waals surface area contributed by atoms with Gasteiger partial charge in [-0.2, -0.15) is 5.26 Å². The second-order valence-electron chi connectivity index (χ2n) is 5.74. The van der Waals surface area contributed by atoms with Crippen LogP contribution in [0.1, 0.15) is 35.2 Å². The van der Waals surface area contributed by atoms with Crippen molar-refractivity contribution < 1.29 is 4.21 Å². The van der Waals surface area contributed by atoms with Crippen LogP contribution >= 0.6 is 23.4 Å². The first-order valence-electron chi connectivity index (χ1n) is 7.81. The van der Waals surface area contributed by atoms with Crippen LogP contribution in [0.5, 0.6) is 0 Å². The number of hydrogen-bond donors (Lipinski definition) is 0. The Bertz CT molecular complexity index is 800. The molecule has 1 aromatic heterocycles. The number of rotatable bonds is 5. The largest absolute Gasteiger partial charge is 0.258 e. The Kier molecular flexibility index (Phi) is 5.94. The topological polar surface area (TPSA) is 53.8 Å². The minimum Gasteiger partial charge on any atom is -0.258 e. The van der Waals surface area contributed by atoms with Crippen molar-refractivity contribution in [2.75, 3.05) is 5.08 Å². The molecule has 0 saturated carbocycles. The van der Waals surface area contributed by atoms with E-state index in [2.05, 4.69) is 11.1 Å². The Morgan fingerprint density at radius 2 is 2.00 bits per heavy atom. The van der Waals surface area contributed by atoms with Gasteiger partial charge in [0.05, 0.1) is 10.6 Å². The third kappa shape index (κ3) is 4.38. The summed E-state index contributed by atoms with van der Waals surface area (Å²) in [6.07, 6.45) is 4.29. The van der Waals surface area contributed by atoms with Crippen molar-refractivity contribution in [3.05, 3.63) is 57.7 Å². The molecule has 3 rings (SSSR count). The maximum atomic E-state index is 12.3. The molecular weight excluding hydrogens is 360 g/mol. The zero-order valence-corrected chi connectivity index (χ0v) is 15.5. The lowest BCUT2D eigenvalue weighted by Gasteiger charge is -2.16. The van der Waals surface area contributed by atoms with Gasteiger partial charge in [-0.15, -0.1) is 0 Å². The van der Waals surface area contributed by atoms with Gasteiger partial charge < -0.3 is 0 Å². The van der Waals surface area contributed by atoms with E-state index < -0.39 is 10.8 Å². The molecule has 1 unspecified atom stereocenters. The summed E-state index contributed by atoms with van der Waals surface area (Å²) >= 11 is 7.28. The summed E-state index contributed by atoms with van der Waals surface area (Å²) in [6.45, 7) is 0. The molecule has 0 bridgehead atoms. The minimum atomic E-state index is -1.02. The van der Waals surface area contributed by atoms with E-state index in [0.717, 1.165) is 36.9 Å². The van der Waals surface area contributed by atoms with Crippen LogP contribution < -0.4 is 0 Å². The van der Waals surface area contributed by atoms with Gasteiger partial charge in [0.25, 0.3) is 0 Å². The molecule has 1 aromatic carbocycles. The van der Waals surface area contributed by atoms with Gasteiger partial charge in [0.15, 0.2) is 0 Å². The summed E-state index contributed by atoms with van der Waals surface area (Å²) in [5.41, 5.74) is 3.90. The Balaban J connectivity index is 1.66. The quantitative estimate of drug-likeness (QED) is 0.721. The van der Waals surface area contributed by atoms with Gasteiger partial charge in [0.2, 0.25) is 0 Å². The van der Waals surface area contributed by atoms with E-state index in [0.29, 0.717) is 26.4 Å². The molecule has 2 aromatic rings. The van der Waals surface area contributed by atoms with E-state index in [1.807, 2.05) is 18.2 Å². The molecule has 0 N–H and O–H groups in total. The highest BCUT2D eigenvalue weighted by molar-refractivity contribution is 8.10. The second kappa shape index (κ2) is 8.15. The number of hydrogen-bond acceptors (Lipinski definition) is 4. The second-order valence-corrected chi connectivity index (χ2v) is 8.96. The fourth-order valence-electron chi connectivity index (χ4n) is 2.73. The van der Waals surface area contributed by atoms with Crippen LogP contribution in [0.4, 0.5) is 0 Å². The molecular formula is C18H17ClN2OS2. The third-order valence-corrected chi connectivity index (χ3v) is 6.97. The van der Waals surface area contributed by atoms with Crippen LogP contribution in [0, 0.1) is 11.3 Å². The number of nitriles is 1. The highest BCUT2D eigenvalue weighted by Gasteiger charge is 2.16.